The first-order chi connectivity index (χ1) is 8.66. The molecule has 5 nitrogen and oxygen atoms in total. The van der Waals surface area contributed by atoms with E-state index in [2.05, 4.69) is 36.1 Å². The van der Waals surface area contributed by atoms with Crippen molar-refractivity contribution in [1.82, 2.24) is 9.97 Å². The minimum absolute atomic E-state index is 0.111. The van der Waals surface area contributed by atoms with Crippen LogP contribution in [0.2, 0.25) is 0 Å². The summed E-state index contributed by atoms with van der Waals surface area (Å²) in [7, 11) is 3.80. The fourth-order valence-electron chi connectivity index (χ4n) is 1.94. The van der Waals surface area contributed by atoms with Gasteiger partial charge in [0.25, 0.3) is 0 Å². The quantitative estimate of drug-likeness (QED) is 0.872. The third kappa shape index (κ3) is 3.80. The van der Waals surface area contributed by atoms with E-state index in [1.165, 1.54) is 0 Å². The Balaban J connectivity index is 3.29. The minimum atomic E-state index is -0.393. The van der Waals surface area contributed by atoms with Crippen LogP contribution < -0.4 is 10.2 Å². The van der Waals surface area contributed by atoms with E-state index in [1.807, 2.05) is 25.9 Å². The normalized spacial score (nSPS) is 13.3. The summed E-state index contributed by atoms with van der Waals surface area (Å²) in [6.07, 6.45) is -0.393. The van der Waals surface area contributed by atoms with Crippen LogP contribution in [0.15, 0.2) is 0 Å². The fourth-order valence-corrected chi connectivity index (χ4v) is 1.94. The minimum Gasteiger partial charge on any atom is -0.392 e. The predicted molar refractivity (Wildman–Crippen MR) is 80.0 cm³/mol. The Morgan fingerprint density at radius 2 is 1.89 bits per heavy atom. The van der Waals surface area contributed by atoms with Crippen molar-refractivity contribution in [2.45, 2.75) is 46.1 Å². The number of nitrogens with zero attached hydrogens (tertiary/aromatic N) is 3. The maximum Gasteiger partial charge on any atom is 0.138 e. The van der Waals surface area contributed by atoms with Gasteiger partial charge in [-0.1, -0.05) is 20.8 Å². The van der Waals surface area contributed by atoms with Crippen molar-refractivity contribution < 1.29 is 5.11 Å². The number of aliphatic hydroxyl groups excluding tert-OH is 1. The summed E-state index contributed by atoms with van der Waals surface area (Å²) in [6.45, 7) is 10.6. The standard InChI is InChI=1S/C14H26N4O/c1-9(19)8-18(7)12-10(2)11(15-6)16-13(17-12)14(3,4)5/h9,19H,8H2,1-7H3,(H,15,16,17). The Bertz CT molecular complexity index is 438. The summed E-state index contributed by atoms with van der Waals surface area (Å²) in [5.74, 6) is 2.51. The van der Waals surface area contributed by atoms with Crippen molar-refractivity contribution in [3.63, 3.8) is 0 Å². The Kier molecular flexibility index (Phi) is 4.74. The predicted octanol–water partition coefficient (Wildman–Crippen LogP) is 1.94. The zero-order valence-corrected chi connectivity index (χ0v) is 13.1. The molecular formula is C14H26N4O. The lowest BCUT2D eigenvalue weighted by molar-refractivity contribution is 0.201. The second-order valence-electron chi connectivity index (χ2n) is 6.07. The maximum atomic E-state index is 9.53. The van der Waals surface area contributed by atoms with Gasteiger partial charge in [0, 0.05) is 31.6 Å². The van der Waals surface area contributed by atoms with Gasteiger partial charge < -0.3 is 15.3 Å². The van der Waals surface area contributed by atoms with E-state index in [4.69, 9.17) is 0 Å². The number of aromatic nitrogens is 2. The van der Waals surface area contributed by atoms with E-state index in [0.29, 0.717) is 6.54 Å². The van der Waals surface area contributed by atoms with Crippen LogP contribution in [0.3, 0.4) is 0 Å². The number of aliphatic hydroxyl groups is 1. The number of anilines is 2. The van der Waals surface area contributed by atoms with Crippen molar-refractivity contribution in [3.8, 4) is 0 Å². The molecule has 0 fully saturated rings. The van der Waals surface area contributed by atoms with Gasteiger partial charge in [0.05, 0.1) is 6.10 Å². The number of nitrogens with one attached hydrogen (secondary N) is 1. The van der Waals surface area contributed by atoms with Crippen molar-refractivity contribution in [2.24, 2.45) is 0 Å². The first-order valence-corrected chi connectivity index (χ1v) is 6.63. The molecule has 1 heterocycles. The van der Waals surface area contributed by atoms with Crippen molar-refractivity contribution in [2.75, 3.05) is 30.9 Å². The molecule has 0 spiro atoms. The molecule has 0 aliphatic carbocycles. The van der Waals surface area contributed by atoms with Crippen LogP contribution in [-0.2, 0) is 5.41 Å². The average Bonchev–Trinajstić information content (AvgIpc) is 2.26. The van der Waals surface area contributed by atoms with Gasteiger partial charge in [0.1, 0.15) is 17.5 Å². The third-order valence-electron chi connectivity index (χ3n) is 2.93. The first-order valence-electron chi connectivity index (χ1n) is 6.63. The van der Waals surface area contributed by atoms with Crippen LogP contribution in [0.25, 0.3) is 0 Å². The van der Waals surface area contributed by atoms with E-state index >= 15 is 0 Å². The molecule has 1 aromatic rings. The van der Waals surface area contributed by atoms with Gasteiger partial charge in [-0.15, -0.1) is 0 Å². The Morgan fingerprint density at radius 1 is 1.32 bits per heavy atom. The van der Waals surface area contributed by atoms with Crippen LogP contribution in [0.4, 0.5) is 11.6 Å². The molecule has 1 unspecified atom stereocenters. The Labute approximate surface area is 116 Å². The van der Waals surface area contributed by atoms with Crippen molar-refractivity contribution in [1.29, 1.82) is 0 Å². The van der Waals surface area contributed by atoms with E-state index in [0.717, 1.165) is 23.0 Å². The van der Waals surface area contributed by atoms with Gasteiger partial charge in [-0.2, -0.15) is 0 Å². The number of rotatable bonds is 4. The molecule has 0 saturated carbocycles. The van der Waals surface area contributed by atoms with Gasteiger partial charge >= 0.3 is 0 Å². The van der Waals surface area contributed by atoms with Crippen LogP contribution in [0.1, 0.15) is 39.1 Å². The largest absolute Gasteiger partial charge is 0.392 e. The summed E-state index contributed by atoms with van der Waals surface area (Å²) < 4.78 is 0. The van der Waals surface area contributed by atoms with Crippen LogP contribution in [-0.4, -0.2) is 41.8 Å². The molecule has 1 aromatic heterocycles. The topological polar surface area (TPSA) is 61.3 Å². The van der Waals surface area contributed by atoms with Gasteiger partial charge in [-0.25, -0.2) is 9.97 Å². The maximum absolute atomic E-state index is 9.53. The molecule has 2 N–H and O–H groups in total. The highest BCUT2D eigenvalue weighted by atomic mass is 16.3. The highest BCUT2D eigenvalue weighted by Gasteiger charge is 2.22. The third-order valence-corrected chi connectivity index (χ3v) is 2.93. The molecule has 0 aliphatic heterocycles. The zero-order chi connectivity index (χ0) is 14.8. The highest BCUT2D eigenvalue weighted by Crippen LogP contribution is 2.27. The molecule has 0 saturated heterocycles. The van der Waals surface area contributed by atoms with E-state index < -0.39 is 6.10 Å². The van der Waals surface area contributed by atoms with Crippen molar-refractivity contribution >= 4 is 11.6 Å². The lowest BCUT2D eigenvalue weighted by Crippen LogP contribution is -2.30. The first kappa shape index (κ1) is 15.7. The molecule has 0 radical (unpaired) electrons. The van der Waals surface area contributed by atoms with Crippen LogP contribution in [0.5, 0.6) is 0 Å². The molecule has 0 bridgehead atoms. The smallest absolute Gasteiger partial charge is 0.138 e. The summed E-state index contributed by atoms with van der Waals surface area (Å²) in [5.41, 5.74) is 0.887. The van der Waals surface area contributed by atoms with E-state index in [9.17, 15) is 5.11 Å². The van der Waals surface area contributed by atoms with Gasteiger partial charge in [0.15, 0.2) is 0 Å². The monoisotopic (exact) mass is 266 g/mol. The fraction of sp³-hybridized carbons (Fsp3) is 0.714. The second-order valence-corrected chi connectivity index (χ2v) is 6.07. The molecule has 5 heteroatoms. The molecular weight excluding hydrogens is 240 g/mol. The zero-order valence-electron chi connectivity index (χ0n) is 13.1. The van der Waals surface area contributed by atoms with E-state index in [-0.39, 0.29) is 5.41 Å². The molecule has 0 aliphatic rings. The molecule has 108 valence electrons. The molecule has 0 amide bonds. The summed E-state index contributed by atoms with van der Waals surface area (Å²) in [4.78, 5) is 11.2. The number of hydrogen-bond acceptors (Lipinski definition) is 5. The highest BCUT2D eigenvalue weighted by molar-refractivity contribution is 5.58. The molecule has 1 rings (SSSR count). The van der Waals surface area contributed by atoms with Crippen molar-refractivity contribution in [3.05, 3.63) is 11.4 Å². The molecule has 0 aromatic carbocycles. The lowest BCUT2D eigenvalue weighted by Gasteiger charge is -2.26. The van der Waals surface area contributed by atoms with Crippen LogP contribution in [0, 0.1) is 6.92 Å². The lowest BCUT2D eigenvalue weighted by atomic mass is 9.95. The summed E-state index contributed by atoms with van der Waals surface area (Å²) in [5, 5.41) is 12.6. The molecule has 1 atom stereocenters. The van der Waals surface area contributed by atoms with Gasteiger partial charge in [-0.3, -0.25) is 0 Å². The second kappa shape index (κ2) is 5.74. The van der Waals surface area contributed by atoms with Gasteiger partial charge in [-0.05, 0) is 13.8 Å². The summed E-state index contributed by atoms with van der Waals surface area (Å²) in [6, 6.07) is 0. The van der Waals surface area contributed by atoms with Gasteiger partial charge in [0.2, 0.25) is 0 Å². The van der Waals surface area contributed by atoms with E-state index in [1.54, 1.807) is 6.92 Å². The van der Waals surface area contributed by atoms with Crippen LogP contribution >= 0.6 is 0 Å². The number of hydrogen-bond donors (Lipinski definition) is 2. The summed E-state index contributed by atoms with van der Waals surface area (Å²) >= 11 is 0. The average molecular weight is 266 g/mol. The SMILES string of the molecule is CNc1nc(C(C)(C)C)nc(N(C)CC(C)O)c1C. The molecule has 19 heavy (non-hydrogen) atoms. The Hall–Kier alpha value is -1.36. The number of likely N-dealkylation sites (N-methyl/N-ethyl adjacent to an activating group) is 1. The Morgan fingerprint density at radius 3 is 2.32 bits per heavy atom.